The van der Waals surface area contributed by atoms with E-state index in [-0.39, 0.29) is 0 Å². The summed E-state index contributed by atoms with van der Waals surface area (Å²) in [4.78, 5) is 8.81. The topological polar surface area (TPSA) is 43.6 Å². The monoisotopic (exact) mass is 314 g/mol. The van der Waals surface area contributed by atoms with E-state index >= 15 is 0 Å². The molecule has 0 aliphatic heterocycles. The van der Waals surface area contributed by atoms with Gasteiger partial charge >= 0.3 is 0 Å². The third kappa shape index (κ3) is 1.94. The second-order valence-corrected chi connectivity index (χ2v) is 5.73. The molecule has 1 fully saturated rings. The molecule has 0 radical (unpaired) electrons. The number of aromatic nitrogens is 4. The summed E-state index contributed by atoms with van der Waals surface area (Å²) in [5.41, 5.74) is 3.90. The minimum Gasteiger partial charge on any atom is -0.254 e. The fourth-order valence-electron chi connectivity index (χ4n) is 2.25. The summed E-state index contributed by atoms with van der Waals surface area (Å²) < 4.78 is 2.84. The van der Waals surface area contributed by atoms with E-state index in [9.17, 15) is 0 Å². The zero-order valence-electron chi connectivity index (χ0n) is 10.1. The molecule has 19 heavy (non-hydrogen) atoms. The van der Waals surface area contributed by atoms with Crippen LogP contribution < -0.4 is 0 Å². The molecule has 0 spiro atoms. The first-order valence-corrected chi connectivity index (χ1v) is 7.07. The largest absolute Gasteiger partial charge is 0.254 e. The summed E-state index contributed by atoms with van der Waals surface area (Å²) in [6.45, 7) is 0. The van der Waals surface area contributed by atoms with Crippen molar-refractivity contribution in [3.05, 3.63) is 47.0 Å². The lowest BCUT2D eigenvalue weighted by Crippen LogP contribution is -1.99. The molecule has 0 saturated heterocycles. The standard InChI is InChI=1S/C14H11BrN4/c15-10-7-12-14(17-8-10)13(3-5-16-12)19-6-4-11(18-19)9-1-2-9/h3-9H,1-2H2. The molecule has 0 unspecified atom stereocenters. The summed E-state index contributed by atoms with van der Waals surface area (Å²) >= 11 is 3.42. The third-order valence-corrected chi connectivity index (χ3v) is 3.81. The normalized spacial score (nSPS) is 15.0. The van der Waals surface area contributed by atoms with Crippen LogP contribution in [0.1, 0.15) is 24.5 Å². The summed E-state index contributed by atoms with van der Waals surface area (Å²) in [5, 5.41) is 4.65. The predicted octanol–water partition coefficient (Wildman–Crippen LogP) is 3.46. The molecule has 4 rings (SSSR count). The Kier molecular flexibility index (Phi) is 2.41. The molecule has 1 aliphatic carbocycles. The molecule has 0 aromatic carbocycles. The van der Waals surface area contributed by atoms with Gasteiger partial charge in [0.25, 0.3) is 0 Å². The Morgan fingerprint density at radius 1 is 1.21 bits per heavy atom. The molecular formula is C14H11BrN4. The highest BCUT2D eigenvalue weighted by molar-refractivity contribution is 9.10. The first kappa shape index (κ1) is 11.1. The SMILES string of the molecule is Brc1cnc2c(-n3ccc(C4CC4)n3)ccnc2c1. The molecule has 4 nitrogen and oxygen atoms in total. The highest BCUT2D eigenvalue weighted by Gasteiger charge is 2.26. The van der Waals surface area contributed by atoms with Gasteiger partial charge < -0.3 is 0 Å². The lowest BCUT2D eigenvalue weighted by atomic mass is 10.3. The summed E-state index contributed by atoms with van der Waals surface area (Å²) in [6.07, 6.45) is 8.12. The van der Waals surface area contributed by atoms with E-state index in [1.807, 2.05) is 23.0 Å². The van der Waals surface area contributed by atoms with Crippen molar-refractivity contribution in [2.45, 2.75) is 18.8 Å². The number of nitrogens with zero attached hydrogens (tertiary/aromatic N) is 4. The molecule has 0 bridgehead atoms. The number of pyridine rings is 2. The van der Waals surface area contributed by atoms with Crippen molar-refractivity contribution >= 4 is 27.0 Å². The van der Waals surface area contributed by atoms with Crippen molar-refractivity contribution in [3.8, 4) is 5.69 Å². The molecular weight excluding hydrogens is 304 g/mol. The number of rotatable bonds is 2. The van der Waals surface area contributed by atoms with Crippen LogP contribution in [0.5, 0.6) is 0 Å². The third-order valence-electron chi connectivity index (χ3n) is 3.38. The Bertz CT molecular complexity index is 761. The summed E-state index contributed by atoms with van der Waals surface area (Å²) in [7, 11) is 0. The number of fused-ring (bicyclic) bond motifs is 1. The first-order valence-electron chi connectivity index (χ1n) is 6.27. The van der Waals surface area contributed by atoms with Gasteiger partial charge in [-0.15, -0.1) is 0 Å². The highest BCUT2D eigenvalue weighted by Crippen LogP contribution is 2.39. The van der Waals surface area contributed by atoms with Crippen molar-refractivity contribution in [2.75, 3.05) is 0 Å². The Labute approximate surface area is 118 Å². The van der Waals surface area contributed by atoms with E-state index < -0.39 is 0 Å². The van der Waals surface area contributed by atoms with E-state index in [0.717, 1.165) is 21.2 Å². The fourth-order valence-corrected chi connectivity index (χ4v) is 2.56. The van der Waals surface area contributed by atoms with Crippen LogP contribution in [-0.2, 0) is 0 Å². The molecule has 5 heteroatoms. The van der Waals surface area contributed by atoms with Gasteiger partial charge in [-0.1, -0.05) is 0 Å². The molecule has 3 aromatic heterocycles. The minimum atomic E-state index is 0.663. The van der Waals surface area contributed by atoms with Crippen molar-refractivity contribution < 1.29 is 0 Å². The van der Waals surface area contributed by atoms with Gasteiger partial charge in [-0.25, -0.2) is 4.68 Å². The van der Waals surface area contributed by atoms with Gasteiger partial charge in [0.05, 0.1) is 16.9 Å². The zero-order valence-corrected chi connectivity index (χ0v) is 11.7. The van der Waals surface area contributed by atoms with E-state index in [0.29, 0.717) is 5.92 Å². The van der Waals surface area contributed by atoms with Crippen LogP contribution in [0.25, 0.3) is 16.7 Å². The number of halogens is 1. The van der Waals surface area contributed by atoms with Crippen LogP contribution in [0.4, 0.5) is 0 Å². The van der Waals surface area contributed by atoms with E-state index in [1.165, 1.54) is 18.5 Å². The molecule has 0 atom stereocenters. The van der Waals surface area contributed by atoms with Gasteiger partial charge in [0.2, 0.25) is 0 Å². The van der Waals surface area contributed by atoms with E-state index in [1.54, 1.807) is 12.4 Å². The van der Waals surface area contributed by atoms with Crippen molar-refractivity contribution in [1.82, 2.24) is 19.7 Å². The fraction of sp³-hybridized carbons (Fsp3) is 0.214. The first-order chi connectivity index (χ1) is 9.31. The Hall–Kier alpha value is -1.75. The van der Waals surface area contributed by atoms with Crippen LogP contribution in [0, 0.1) is 0 Å². The molecule has 1 saturated carbocycles. The smallest absolute Gasteiger partial charge is 0.114 e. The second-order valence-electron chi connectivity index (χ2n) is 4.81. The average molecular weight is 315 g/mol. The van der Waals surface area contributed by atoms with Gasteiger partial charge in [-0.3, -0.25) is 9.97 Å². The quantitative estimate of drug-likeness (QED) is 0.727. The van der Waals surface area contributed by atoms with E-state index in [4.69, 9.17) is 0 Å². The van der Waals surface area contributed by atoms with Crippen LogP contribution in [0.2, 0.25) is 0 Å². The van der Waals surface area contributed by atoms with Crippen LogP contribution in [0.15, 0.2) is 41.3 Å². The van der Waals surface area contributed by atoms with Crippen LogP contribution in [-0.4, -0.2) is 19.7 Å². The van der Waals surface area contributed by atoms with Gasteiger partial charge in [0.15, 0.2) is 0 Å². The van der Waals surface area contributed by atoms with Gasteiger partial charge in [0, 0.05) is 29.0 Å². The van der Waals surface area contributed by atoms with Gasteiger partial charge in [-0.2, -0.15) is 5.10 Å². The average Bonchev–Trinajstić information content (AvgIpc) is 3.16. The van der Waals surface area contributed by atoms with Crippen molar-refractivity contribution in [2.24, 2.45) is 0 Å². The molecule has 0 amide bonds. The summed E-state index contributed by atoms with van der Waals surface area (Å²) in [6, 6.07) is 6.02. The number of hydrogen-bond donors (Lipinski definition) is 0. The lowest BCUT2D eigenvalue weighted by molar-refractivity contribution is 0.839. The van der Waals surface area contributed by atoms with Crippen LogP contribution in [0.3, 0.4) is 0 Å². The maximum atomic E-state index is 4.65. The molecule has 1 aliphatic rings. The van der Waals surface area contributed by atoms with Crippen molar-refractivity contribution in [3.63, 3.8) is 0 Å². The number of hydrogen-bond acceptors (Lipinski definition) is 3. The highest BCUT2D eigenvalue weighted by atomic mass is 79.9. The minimum absolute atomic E-state index is 0.663. The molecule has 3 aromatic rings. The second kappa shape index (κ2) is 4.13. The Morgan fingerprint density at radius 2 is 2.11 bits per heavy atom. The van der Waals surface area contributed by atoms with Gasteiger partial charge in [-0.05, 0) is 47.0 Å². The van der Waals surface area contributed by atoms with E-state index in [2.05, 4.69) is 37.1 Å². The Balaban J connectivity index is 1.88. The molecule has 94 valence electrons. The zero-order chi connectivity index (χ0) is 12.8. The van der Waals surface area contributed by atoms with Crippen molar-refractivity contribution in [1.29, 1.82) is 0 Å². The maximum Gasteiger partial charge on any atom is 0.114 e. The molecule has 0 N–H and O–H groups in total. The van der Waals surface area contributed by atoms with Crippen LogP contribution >= 0.6 is 15.9 Å². The summed E-state index contributed by atoms with van der Waals surface area (Å²) in [5.74, 6) is 0.663. The lowest BCUT2D eigenvalue weighted by Gasteiger charge is -2.05. The maximum absolute atomic E-state index is 4.65. The predicted molar refractivity (Wildman–Crippen MR) is 76.3 cm³/mol. The molecule has 3 heterocycles. The Morgan fingerprint density at radius 3 is 2.95 bits per heavy atom. The van der Waals surface area contributed by atoms with Gasteiger partial charge in [0.1, 0.15) is 5.52 Å².